The van der Waals surface area contributed by atoms with Crippen molar-refractivity contribution in [2.75, 3.05) is 11.1 Å². The van der Waals surface area contributed by atoms with Gasteiger partial charge < -0.3 is 16.4 Å². The number of allylic oxidation sites excluding steroid dienone is 4. The van der Waals surface area contributed by atoms with Gasteiger partial charge in [-0.15, -0.1) is 0 Å². The molecule has 210 valence electrons. The molecule has 2 aliphatic rings. The van der Waals surface area contributed by atoms with E-state index >= 15 is 0 Å². The van der Waals surface area contributed by atoms with E-state index in [-0.39, 0.29) is 35.0 Å². The van der Waals surface area contributed by atoms with Crippen LogP contribution in [-0.4, -0.2) is 30.4 Å². The third-order valence-electron chi connectivity index (χ3n) is 7.69. The first-order valence-corrected chi connectivity index (χ1v) is 14.4. The molecule has 5 N–H and O–H groups in total. The third kappa shape index (κ3) is 4.96. The molecule has 0 aliphatic heterocycles. The zero-order valence-electron chi connectivity index (χ0n) is 22.7. The molecule has 3 aromatic rings. The molecular weight excluding hydrogens is 542 g/mol. The van der Waals surface area contributed by atoms with E-state index in [2.05, 4.69) is 10.6 Å². The first kappa shape index (κ1) is 28.0. The monoisotopic (exact) mass is 571 g/mol. The molecule has 0 fully saturated rings. The fraction of sp³-hybridized carbons (Fsp3) is 0.194. The summed E-state index contributed by atoms with van der Waals surface area (Å²) in [5.74, 6) is -2.72. The van der Waals surface area contributed by atoms with E-state index in [9.17, 15) is 27.4 Å². The molecule has 0 saturated carbocycles. The number of nitrogens with one attached hydrogen (secondary N) is 2. The average molecular weight is 572 g/mol. The van der Waals surface area contributed by atoms with Crippen LogP contribution in [0.3, 0.4) is 0 Å². The lowest BCUT2D eigenvalue weighted by Crippen LogP contribution is -2.37. The minimum atomic E-state index is -4.84. The van der Waals surface area contributed by atoms with E-state index in [1.807, 2.05) is 32.9 Å². The number of Topliss-reactive ketones (excluding diaryl/α,β-unsaturated/α-hetero) is 2. The summed E-state index contributed by atoms with van der Waals surface area (Å²) in [5.41, 5.74) is 9.81. The van der Waals surface area contributed by atoms with Crippen LogP contribution in [0.5, 0.6) is 0 Å². The van der Waals surface area contributed by atoms with Crippen molar-refractivity contribution in [1.82, 2.24) is 5.32 Å². The molecule has 3 aromatic carbocycles. The molecule has 9 nitrogen and oxygen atoms in total. The fourth-order valence-corrected chi connectivity index (χ4v) is 6.27. The van der Waals surface area contributed by atoms with Crippen LogP contribution in [0.25, 0.3) is 0 Å². The van der Waals surface area contributed by atoms with Gasteiger partial charge in [0.15, 0.2) is 11.6 Å². The van der Waals surface area contributed by atoms with Crippen LogP contribution in [0.15, 0.2) is 71.7 Å². The molecule has 0 heterocycles. The molecule has 0 saturated heterocycles. The summed E-state index contributed by atoms with van der Waals surface area (Å²) in [7, 11) is -4.84. The summed E-state index contributed by atoms with van der Waals surface area (Å²) < 4.78 is 34.6. The molecule has 2 atom stereocenters. The van der Waals surface area contributed by atoms with Gasteiger partial charge in [-0.25, -0.2) is 0 Å². The van der Waals surface area contributed by atoms with Gasteiger partial charge >= 0.3 is 0 Å². The van der Waals surface area contributed by atoms with Crippen molar-refractivity contribution >= 4 is 44.7 Å². The van der Waals surface area contributed by atoms with Crippen molar-refractivity contribution in [3.8, 4) is 0 Å². The number of fused-ring (bicyclic) bond motifs is 2. The Morgan fingerprint density at radius 1 is 0.927 bits per heavy atom. The third-order valence-corrected chi connectivity index (χ3v) is 8.59. The molecule has 0 bridgehead atoms. The van der Waals surface area contributed by atoms with Gasteiger partial charge in [-0.2, -0.15) is 8.42 Å². The summed E-state index contributed by atoms with van der Waals surface area (Å²) >= 11 is 0. The zero-order chi connectivity index (χ0) is 29.6. The van der Waals surface area contributed by atoms with Crippen LogP contribution >= 0.6 is 0 Å². The molecule has 1 amide bonds. The highest BCUT2D eigenvalue weighted by atomic mass is 32.2. The number of rotatable bonds is 6. The Labute approximate surface area is 237 Å². The fourth-order valence-electron chi connectivity index (χ4n) is 5.62. The molecule has 0 spiro atoms. The molecule has 2 aliphatic carbocycles. The SMILES string of the molecule is Cc1cc(C)c(Nc2cc(S(=O)(=O)O)c(N)c3c2C(=O)C2C=CC=CC2C3=O)c(C)c1CNC(=O)c1ccccc1. The number of benzene rings is 3. The predicted molar refractivity (Wildman–Crippen MR) is 156 cm³/mol. The first-order chi connectivity index (χ1) is 19.4. The van der Waals surface area contributed by atoms with Crippen molar-refractivity contribution < 1.29 is 27.4 Å². The number of aryl methyl sites for hydroxylation is 2. The van der Waals surface area contributed by atoms with Crippen molar-refractivity contribution in [1.29, 1.82) is 0 Å². The number of hydrogen-bond acceptors (Lipinski definition) is 7. The zero-order valence-corrected chi connectivity index (χ0v) is 23.5. The number of amides is 1. The lowest BCUT2D eigenvalue weighted by atomic mass is 9.71. The molecule has 5 rings (SSSR count). The van der Waals surface area contributed by atoms with Crippen LogP contribution in [0, 0.1) is 32.6 Å². The Kier molecular flexibility index (Phi) is 7.14. The Balaban J connectivity index is 1.61. The van der Waals surface area contributed by atoms with Gasteiger partial charge in [0.05, 0.1) is 34.3 Å². The molecule has 10 heteroatoms. The average Bonchev–Trinajstić information content (AvgIpc) is 2.94. The largest absolute Gasteiger partial charge is 0.397 e. The highest BCUT2D eigenvalue weighted by Crippen LogP contribution is 2.44. The first-order valence-electron chi connectivity index (χ1n) is 13.0. The summed E-state index contributed by atoms with van der Waals surface area (Å²) in [6.07, 6.45) is 6.56. The van der Waals surface area contributed by atoms with Crippen LogP contribution < -0.4 is 16.4 Å². The maximum atomic E-state index is 13.7. The quantitative estimate of drug-likeness (QED) is 0.242. The lowest BCUT2D eigenvalue weighted by molar-refractivity contribution is 0.0803. The number of carbonyl (C=O) groups excluding carboxylic acids is 3. The van der Waals surface area contributed by atoms with Crippen LogP contribution in [0.2, 0.25) is 0 Å². The van der Waals surface area contributed by atoms with Gasteiger partial charge in [0, 0.05) is 17.8 Å². The van der Waals surface area contributed by atoms with Gasteiger partial charge in [-0.1, -0.05) is 48.6 Å². The number of carbonyl (C=O) groups is 3. The van der Waals surface area contributed by atoms with Crippen molar-refractivity contribution in [2.45, 2.75) is 32.2 Å². The predicted octanol–water partition coefficient (Wildman–Crippen LogP) is 4.85. The Hall–Kier alpha value is -4.54. The number of nitrogen functional groups attached to an aromatic ring is 1. The van der Waals surface area contributed by atoms with E-state index in [1.165, 1.54) is 0 Å². The number of anilines is 3. The van der Waals surface area contributed by atoms with E-state index in [4.69, 9.17) is 5.73 Å². The second-order valence-corrected chi connectivity index (χ2v) is 11.7. The summed E-state index contributed by atoms with van der Waals surface area (Å²) in [5, 5.41) is 6.11. The smallest absolute Gasteiger partial charge is 0.296 e. The van der Waals surface area contributed by atoms with Crippen LogP contribution in [0.1, 0.15) is 53.3 Å². The Morgan fingerprint density at radius 2 is 1.54 bits per heavy atom. The number of nitrogens with two attached hydrogens (primary N) is 1. The molecule has 0 aromatic heterocycles. The molecule has 41 heavy (non-hydrogen) atoms. The van der Waals surface area contributed by atoms with Gasteiger partial charge in [-0.3, -0.25) is 18.9 Å². The molecular formula is C31H29N3O6S. The van der Waals surface area contributed by atoms with E-state index in [1.54, 1.807) is 48.6 Å². The minimum Gasteiger partial charge on any atom is -0.397 e. The highest BCUT2D eigenvalue weighted by molar-refractivity contribution is 7.86. The Morgan fingerprint density at radius 3 is 2.15 bits per heavy atom. The normalized spacial score (nSPS) is 17.7. The molecule has 0 radical (unpaired) electrons. The van der Waals surface area contributed by atoms with Crippen molar-refractivity contribution in [3.63, 3.8) is 0 Å². The van der Waals surface area contributed by atoms with Gasteiger partial charge in [0.2, 0.25) is 0 Å². The van der Waals surface area contributed by atoms with Crippen LogP contribution in [0.4, 0.5) is 17.1 Å². The van der Waals surface area contributed by atoms with E-state index in [0.717, 1.165) is 28.3 Å². The Bertz CT molecular complexity index is 1790. The number of ketones is 2. The highest BCUT2D eigenvalue weighted by Gasteiger charge is 2.43. The van der Waals surface area contributed by atoms with Crippen LogP contribution in [-0.2, 0) is 16.7 Å². The standard InChI is InChI=1S/C31H29N3O6S/c1-16-13-17(2)28(18(3)22(16)15-33-31(37)19-9-5-4-6-10-19)34-23-14-24(41(38,39)40)27(32)26-25(23)29(35)20-11-7-8-12-21(20)30(26)36/h4-14,20-21,34H,15,32H2,1-3H3,(H,33,37)(H,38,39,40). The van der Waals surface area contributed by atoms with Gasteiger partial charge in [0.25, 0.3) is 16.0 Å². The summed E-state index contributed by atoms with van der Waals surface area (Å²) in [4.78, 5) is 39.3. The van der Waals surface area contributed by atoms with Gasteiger partial charge in [0.1, 0.15) is 4.90 Å². The maximum absolute atomic E-state index is 13.7. The second kappa shape index (κ2) is 10.5. The number of hydrogen-bond donors (Lipinski definition) is 4. The summed E-state index contributed by atoms with van der Waals surface area (Å²) in [6, 6.07) is 11.8. The van der Waals surface area contributed by atoms with E-state index < -0.39 is 38.3 Å². The topological polar surface area (TPSA) is 156 Å². The minimum absolute atomic E-state index is 0.0283. The van der Waals surface area contributed by atoms with E-state index in [0.29, 0.717) is 11.3 Å². The lowest BCUT2D eigenvalue weighted by Gasteiger charge is -2.31. The second-order valence-electron chi connectivity index (χ2n) is 10.3. The summed E-state index contributed by atoms with van der Waals surface area (Å²) in [6.45, 7) is 5.83. The van der Waals surface area contributed by atoms with Gasteiger partial charge in [-0.05, 0) is 61.2 Å². The van der Waals surface area contributed by atoms with Crippen molar-refractivity contribution in [2.24, 2.45) is 11.8 Å². The van der Waals surface area contributed by atoms with Crippen molar-refractivity contribution in [3.05, 3.63) is 106 Å². The molecule has 2 unspecified atom stereocenters. The maximum Gasteiger partial charge on any atom is 0.296 e.